The highest BCUT2D eigenvalue weighted by Gasteiger charge is 2.52. The highest BCUT2D eigenvalue weighted by molar-refractivity contribution is 6.31. The Labute approximate surface area is 167 Å². The van der Waals surface area contributed by atoms with Crippen LogP contribution in [0.3, 0.4) is 0 Å². The fourth-order valence-electron chi connectivity index (χ4n) is 3.99. The number of nitrogens with two attached hydrogens (primary N) is 1. The predicted molar refractivity (Wildman–Crippen MR) is 108 cm³/mol. The van der Waals surface area contributed by atoms with Crippen molar-refractivity contribution in [3.63, 3.8) is 0 Å². The molecule has 1 aliphatic heterocycles. The van der Waals surface area contributed by atoms with Gasteiger partial charge in [0.1, 0.15) is 5.82 Å². The van der Waals surface area contributed by atoms with Gasteiger partial charge in [-0.25, -0.2) is 4.39 Å². The lowest BCUT2D eigenvalue weighted by atomic mass is 9.67. The van der Waals surface area contributed by atoms with E-state index in [0.717, 1.165) is 11.3 Å². The molecule has 2 aromatic rings. The molecule has 7 heteroatoms. The van der Waals surface area contributed by atoms with Crippen LogP contribution >= 0.6 is 23.2 Å². The largest absolute Gasteiger partial charge is 0.388 e. The van der Waals surface area contributed by atoms with Gasteiger partial charge >= 0.3 is 0 Å². The summed E-state index contributed by atoms with van der Waals surface area (Å²) in [4.78, 5) is 12.2. The van der Waals surface area contributed by atoms with Crippen LogP contribution in [0.15, 0.2) is 49.1 Å². The number of hydrogen-bond donors (Lipinski definition) is 3. The highest BCUT2D eigenvalue weighted by Crippen LogP contribution is 2.49. The van der Waals surface area contributed by atoms with E-state index in [-0.39, 0.29) is 5.02 Å². The van der Waals surface area contributed by atoms with Crippen molar-refractivity contribution >= 4 is 34.8 Å². The zero-order chi connectivity index (χ0) is 19.8. The van der Waals surface area contributed by atoms with Gasteiger partial charge < -0.3 is 16.4 Å². The average molecular weight is 408 g/mol. The van der Waals surface area contributed by atoms with Crippen molar-refractivity contribution in [2.45, 2.75) is 17.4 Å². The lowest BCUT2D eigenvalue weighted by Gasteiger charge is -2.35. The number of amides is 1. The van der Waals surface area contributed by atoms with Gasteiger partial charge in [0.25, 0.3) is 0 Å². The molecule has 4 N–H and O–H groups in total. The van der Waals surface area contributed by atoms with Crippen LogP contribution in [0.25, 0.3) is 0 Å². The molecular weight excluding hydrogens is 388 g/mol. The number of nitrogens with one attached hydrogen (secondary N) is 2. The fraction of sp³-hybridized carbons (Fsp3) is 0.250. The summed E-state index contributed by atoms with van der Waals surface area (Å²) in [5.74, 6) is -1.76. The van der Waals surface area contributed by atoms with Gasteiger partial charge in [-0.15, -0.1) is 6.58 Å². The molecule has 1 saturated heterocycles. The number of benzene rings is 2. The third-order valence-corrected chi connectivity index (χ3v) is 5.77. The molecule has 2 aromatic carbocycles. The van der Waals surface area contributed by atoms with Gasteiger partial charge in [-0.2, -0.15) is 0 Å². The van der Waals surface area contributed by atoms with Gasteiger partial charge in [0, 0.05) is 35.6 Å². The topological polar surface area (TPSA) is 67.2 Å². The summed E-state index contributed by atoms with van der Waals surface area (Å²) in [6.45, 7) is 4.36. The monoisotopic (exact) mass is 407 g/mol. The van der Waals surface area contributed by atoms with Crippen molar-refractivity contribution in [1.29, 1.82) is 0 Å². The van der Waals surface area contributed by atoms with Crippen LogP contribution in [0.2, 0.25) is 10.0 Å². The van der Waals surface area contributed by atoms with E-state index in [1.807, 2.05) is 6.07 Å². The standard InChI is InChI=1S/C20H20Cl2FN3O/c1-3-20(13-8-7-11(21)9-15(13)25-2)10-26-18(19(24)27)16(20)12-5-4-6-14(22)17(12)23/h3-9,16,18,25-26H,1,10H2,2H3,(H2,24,27). The lowest BCUT2D eigenvalue weighted by molar-refractivity contribution is -0.120. The number of carbonyl (C=O) groups is 1. The maximum Gasteiger partial charge on any atom is 0.235 e. The second-order valence-corrected chi connectivity index (χ2v) is 7.41. The van der Waals surface area contributed by atoms with Crippen molar-refractivity contribution in [3.8, 4) is 0 Å². The highest BCUT2D eigenvalue weighted by atomic mass is 35.5. The first-order chi connectivity index (χ1) is 12.9. The van der Waals surface area contributed by atoms with Gasteiger partial charge in [0.05, 0.1) is 11.1 Å². The number of anilines is 1. The summed E-state index contributed by atoms with van der Waals surface area (Å²) in [7, 11) is 1.77. The van der Waals surface area contributed by atoms with Crippen molar-refractivity contribution < 1.29 is 9.18 Å². The number of primary amides is 1. The first kappa shape index (κ1) is 19.7. The zero-order valence-corrected chi connectivity index (χ0v) is 16.2. The van der Waals surface area contributed by atoms with Gasteiger partial charge in [0.2, 0.25) is 5.91 Å². The molecule has 27 heavy (non-hydrogen) atoms. The van der Waals surface area contributed by atoms with E-state index in [1.165, 1.54) is 6.07 Å². The van der Waals surface area contributed by atoms with Crippen LogP contribution in [-0.4, -0.2) is 25.5 Å². The molecule has 1 aliphatic rings. The Hall–Kier alpha value is -2.08. The molecule has 3 unspecified atom stereocenters. The van der Waals surface area contributed by atoms with Crippen molar-refractivity contribution in [1.82, 2.24) is 5.32 Å². The summed E-state index contributed by atoms with van der Waals surface area (Å²) >= 11 is 12.2. The summed E-state index contributed by atoms with van der Waals surface area (Å²) in [6, 6.07) is 9.37. The molecule has 0 saturated carbocycles. The van der Waals surface area contributed by atoms with E-state index in [9.17, 15) is 9.18 Å². The van der Waals surface area contributed by atoms with Crippen LogP contribution in [0.1, 0.15) is 17.0 Å². The minimum absolute atomic E-state index is 0.00877. The second kappa shape index (κ2) is 7.50. The predicted octanol–water partition coefficient (Wildman–Crippen LogP) is 3.84. The van der Waals surface area contributed by atoms with E-state index in [2.05, 4.69) is 17.2 Å². The molecule has 1 fully saturated rings. The Morgan fingerprint density at radius 1 is 1.41 bits per heavy atom. The average Bonchev–Trinajstić information content (AvgIpc) is 3.04. The lowest BCUT2D eigenvalue weighted by Crippen LogP contribution is -2.41. The molecule has 3 atom stereocenters. The molecule has 1 heterocycles. The summed E-state index contributed by atoms with van der Waals surface area (Å²) < 4.78 is 14.9. The van der Waals surface area contributed by atoms with E-state index < -0.39 is 29.1 Å². The Balaban J connectivity index is 2.29. The molecule has 0 bridgehead atoms. The maximum atomic E-state index is 14.9. The van der Waals surface area contributed by atoms with Crippen LogP contribution in [0.5, 0.6) is 0 Å². The molecule has 0 radical (unpaired) electrons. The van der Waals surface area contributed by atoms with E-state index in [0.29, 0.717) is 17.1 Å². The Kier molecular flexibility index (Phi) is 5.47. The molecule has 142 valence electrons. The SMILES string of the molecule is C=CC1(c2ccc(Cl)cc2NC)CNC(C(N)=O)C1c1cccc(Cl)c1F. The fourth-order valence-corrected chi connectivity index (χ4v) is 4.34. The molecule has 0 aromatic heterocycles. The quantitative estimate of drug-likeness (QED) is 0.659. The Bertz CT molecular complexity index is 905. The van der Waals surface area contributed by atoms with Crippen LogP contribution < -0.4 is 16.4 Å². The Morgan fingerprint density at radius 3 is 2.78 bits per heavy atom. The van der Waals surface area contributed by atoms with Gasteiger partial charge in [-0.05, 0) is 29.3 Å². The van der Waals surface area contributed by atoms with Gasteiger partial charge in [-0.3, -0.25) is 4.79 Å². The van der Waals surface area contributed by atoms with Crippen molar-refractivity contribution in [3.05, 3.63) is 76.0 Å². The van der Waals surface area contributed by atoms with Crippen LogP contribution in [0.4, 0.5) is 10.1 Å². The number of carbonyl (C=O) groups excluding carboxylic acids is 1. The first-order valence-corrected chi connectivity index (χ1v) is 9.19. The summed E-state index contributed by atoms with van der Waals surface area (Å²) in [6.07, 6.45) is 1.73. The van der Waals surface area contributed by atoms with E-state index in [1.54, 1.807) is 37.4 Å². The number of hydrogen-bond acceptors (Lipinski definition) is 3. The Morgan fingerprint density at radius 2 is 2.15 bits per heavy atom. The zero-order valence-electron chi connectivity index (χ0n) is 14.7. The van der Waals surface area contributed by atoms with Crippen LogP contribution in [0, 0.1) is 5.82 Å². The molecule has 3 rings (SSSR count). The second-order valence-electron chi connectivity index (χ2n) is 6.57. The molecule has 0 spiro atoms. The van der Waals surface area contributed by atoms with Gasteiger partial charge in [0.15, 0.2) is 0 Å². The minimum Gasteiger partial charge on any atom is -0.388 e. The summed E-state index contributed by atoms with van der Waals surface area (Å²) in [5, 5.41) is 6.81. The van der Waals surface area contributed by atoms with E-state index in [4.69, 9.17) is 28.9 Å². The van der Waals surface area contributed by atoms with Crippen LogP contribution in [-0.2, 0) is 10.2 Å². The first-order valence-electron chi connectivity index (χ1n) is 8.43. The molecule has 0 aliphatic carbocycles. The third kappa shape index (κ3) is 3.20. The molecular formula is C20H20Cl2FN3O. The number of halogens is 3. The molecule has 1 amide bonds. The van der Waals surface area contributed by atoms with Gasteiger partial charge in [-0.1, -0.05) is 47.5 Å². The maximum absolute atomic E-state index is 14.9. The smallest absolute Gasteiger partial charge is 0.235 e. The number of rotatable bonds is 5. The normalized spacial score (nSPS) is 24.6. The van der Waals surface area contributed by atoms with Crippen molar-refractivity contribution in [2.75, 3.05) is 18.9 Å². The molecule has 4 nitrogen and oxygen atoms in total. The minimum atomic E-state index is -0.797. The van der Waals surface area contributed by atoms with E-state index >= 15 is 0 Å². The summed E-state index contributed by atoms with van der Waals surface area (Å²) in [5.41, 5.74) is 6.75. The third-order valence-electron chi connectivity index (χ3n) is 5.24. The van der Waals surface area contributed by atoms with Crippen molar-refractivity contribution in [2.24, 2.45) is 5.73 Å².